The topological polar surface area (TPSA) is 63.2 Å². The highest BCUT2D eigenvalue weighted by molar-refractivity contribution is 6.31. The molecule has 0 amide bonds. The molecule has 2 atom stereocenters. The van der Waals surface area contributed by atoms with E-state index in [2.05, 4.69) is 10.4 Å². The summed E-state index contributed by atoms with van der Waals surface area (Å²) in [6.07, 6.45) is 6.93. The van der Waals surface area contributed by atoms with Gasteiger partial charge in [0.05, 0.1) is 24.8 Å². The Morgan fingerprint density at radius 3 is 2.79 bits per heavy atom. The summed E-state index contributed by atoms with van der Waals surface area (Å²) in [5.41, 5.74) is 2.86. The van der Waals surface area contributed by atoms with E-state index < -0.39 is 6.10 Å². The van der Waals surface area contributed by atoms with Crippen molar-refractivity contribution in [3.8, 4) is 0 Å². The van der Waals surface area contributed by atoms with Crippen molar-refractivity contribution in [1.29, 1.82) is 0 Å². The Balaban J connectivity index is 1.70. The third-order valence-corrected chi connectivity index (χ3v) is 4.36. The summed E-state index contributed by atoms with van der Waals surface area (Å²) in [6.45, 7) is 0.409. The quantitative estimate of drug-likeness (QED) is 0.690. The number of furan rings is 1. The number of halogens is 1. The molecule has 6 heteroatoms. The van der Waals surface area contributed by atoms with Crippen molar-refractivity contribution >= 4 is 11.6 Å². The number of nitrogens with one attached hydrogen (secondary N) is 1. The normalized spacial score (nSPS) is 13.8. The molecule has 2 heterocycles. The Bertz CT molecular complexity index is 770. The molecule has 2 N–H and O–H groups in total. The predicted octanol–water partition coefficient (Wildman–Crippen LogP) is 3.27. The van der Waals surface area contributed by atoms with Crippen molar-refractivity contribution in [2.75, 3.05) is 6.54 Å². The van der Waals surface area contributed by atoms with Crippen molar-refractivity contribution in [3.63, 3.8) is 0 Å². The van der Waals surface area contributed by atoms with Crippen LogP contribution in [0.25, 0.3) is 0 Å². The largest absolute Gasteiger partial charge is 0.472 e. The van der Waals surface area contributed by atoms with Crippen molar-refractivity contribution in [2.24, 2.45) is 7.05 Å². The lowest BCUT2D eigenvalue weighted by molar-refractivity contribution is 0.169. The first-order valence-electron chi connectivity index (χ1n) is 7.79. The molecule has 3 aromatic rings. The highest BCUT2D eigenvalue weighted by Gasteiger charge is 2.17. The first kappa shape index (κ1) is 16.8. The highest BCUT2D eigenvalue weighted by atomic mass is 35.5. The van der Waals surface area contributed by atoms with Crippen LogP contribution < -0.4 is 5.32 Å². The maximum atomic E-state index is 10.3. The molecule has 2 aromatic heterocycles. The molecule has 24 heavy (non-hydrogen) atoms. The molecule has 0 aliphatic carbocycles. The van der Waals surface area contributed by atoms with Gasteiger partial charge in [-0.3, -0.25) is 4.68 Å². The minimum Gasteiger partial charge on any atom is -0.472 e. The summed E-state index contributed by atoms with van der Waals surface area (Å²) in [6, 6.07) is 9.69. The van der Waals surface area contributed by atoms with Crippen LogP contribution >= 0.6 is 11.6 Å². The summed E-state index contributed by atoms with van der Waals surface area (Å²) in [5.74, 6) is 0. The molecule has 2 unspecified atom stereocenters. The van der Waals surface area contributed by atoms with E-state index in [0.29, 0.717) is 13.0 Å². The third-order valence-electron chi connectivity index (χ3n) is 3.99. The molecule has 0 aliphatic rings. The second-order valence-corrected chi connectivity index (χ2v) is 6.18. The molecule has 0 aliphatic heterocycles. The lowest BCUT2D eigenvalue weighted by Gasteiger charge is -2.20. The Morgan fingerprint density at radius 2 is 2.12 bits per heavy atom. The van der Waals surface area contributed by atoms with E-state index in [0.717, 1.165) is 21.7 Å². The van der Waals surface area contributed by atoms with Gasteiger partial charge >= 0.3 is 0 Å². The van der Waals surface area contributed by atoms with Gasteiger partial charge in [-0.15, -0.1) is 0 Å². The van der Waals surface area contributed by atoms with Crippen LogP contribution in [-0.4, -0.2) is 21.4 Å². The second-order valence-electron chi connectivity index (χ2n) is 5.78. The number of aliphatic hydroxyl groups excluding tert-OH is 1. The monoisotopic (exact) mass is 345 g/mol. The molecule has 0 bridgehead atoms. The second kappa shape index (κ2) is 7.66. The summed E-state index contributed by atoms with van der Waals surface area (Å²) in [4.78, 5) is 0. The van der Waals surface area contributed by atoms with Crippen LogP contribution in [0.5, 0.6) is 0 Å². The van der Waals surface area contributed by atoms with Gasteiger partial charge in [-0.1, -0.05) is 29.8 Å². The number of rotatable bonds is 7. The van der Waals surface area contributed by atoms with Crippen molar-refractivity contribution < 1.29 is 9.52 Å². The fraction of sp³-hybridized carbons (Fsp3) is 0.278. The minimum atomic E-state index is -0.626. The molecule has 0 radical (unpaired) electrons. The molecule has 0 saturated carbocycles. The maximum Gasteiger partial charge on any atom is 0.0950 e. The summed E-state index contributed by atoms with van der Waals surface area (Å²) in [7, 11) is 1.83. The fourth-order valence-electron chi connectivity index (χ4n) is 2.65. The summed E-state index contributed by atoms with van der Waals surface area (Å²) >= 11 is 6.28. The lowest BCUT2D eigenvalue weighted by atomic mass is 10.0. The third kappa shape index (κ3) is 4.06. The highest BCUT2D eigenvalue weighted by Crippen LogP contribution is 2.24. The van der Waals surface area contributed by atoms with Crippen LogP contribution in [0.3, 0.4) is 0 Å². The maximum absolute atomic E-state index is 10.3. The molecular weight excluding hydrogens is 326 g/mol. The SMILES string of the molecule is Cn1cc(C(O)CNC(Cc2ccccc2Cl)c2ccoc2)cn1. The van der Waals surface area contributed by atoms with Gasteiger partial charge in [0.1, 0.15) is 0 Å². The van der Waals surface area contributed by atoms with E-state index in [1.54, 1.807) is 23.4 Å². The van der Waals surface area contributed by atoms with Crippen LogP contribution in [0, 0.1) is 0 Å². The molecule has 0 spiro atoms. The first-order chi connectivity index (χ1) is 11.6. The van der Waals surface area contributed by atoms with Crippen LogP contribution in [-0.2, 0) is 13.5 Å². The van der Waals surface area contributed by atoms with E-state index >= 15 is 0 Å². The Kier molecular flexibility index (Phi) is 5.35. The first-order valence-corrected chi connectivity index (χ1v) is 8.17. The van der Waals surface area contributed by atoms with Crippen LogP contribution in [0.1, 0.15) is 28.8 Å². The van der Waals surface area contributed by atoms with Gasteiger partial charge in [0.15, 0.2) is 0 Å². The molecule has 0 saturated heterocycles. The zero-order valence-corrected chi connectivity index (χ0v) is 14.1. The van der Waals surface area contributed by atoms with E-state index in [-0.39, 0.29) is 6.04 Å². The van der Waals surface area contributed by atoms with Gasteiger partial charge in [-0.05, 0) is 24.1 Å². The molecule has 1 aromatic carbocycles. The molecule has 126 valence electrons. The number of nitrogens with zero attached hydrogens (tertiary/aromatic N) is 2. The van der Waals surface area contributed by atoms with Crippen LogP contribution in [0.2, 0.25) is 5.02 Å². The molecule has 5 nitrogen and oxygen atoms in total. The lowest BCUT2D eigenvalue weighted by Crippen LogP contribution is -2.27. The zero-order valence-electron chi connectivity index (χ0n) is 13.4. The standard InChI is InChI=1S/C18H20ClN3O2/c1-22-11-15(9-21-22)18(23)10-20-17(14-6-7-24-12-14)8-13-4-2-3-5-16(13)19/h2-7,9,11-12,17-18,20,23H,8,10H2,1H3. The smallest absolute Gasteiger partial charge is 0.0950 e. The van der Waals surface area contributed by atoms with Crippen LogP contribution in [0.4, 0.5) is 0 Å². The van der Waals surface area contributed by atoms with Crippen molar-refractivity contribution in [2.45, 2.75) is 18.6 Å². The Morgan fingerprint density at radius 1 is 1.29 bits per heavy atom. The number of aliphatic hydroxyl groups is 1. The number of benzene rings is 1. The average Bonchev–Trinajstić information content (AvgIpc) is 3.24. The van der Waals surface area contributed by atoms with E-state index in [9.17, 15) is 5.11 Å². The van der Waals surface area contributed by atoms with E-state index in [1.165, 1.54) is 0 Å². The van der Waals surface area contributed by atoms with Crippen LogP contribution in [0.15, 0.2) is 59.7 Å². The van der Waals surface area contributed by atoms with E-state index in [1.807, 2.05) is 43.6 Å². The fourth-order valence-corrected chi connectivity index (χ4v) is 2.86. The Hall–Kier alpha value is -2.08. The number of hydrogen-bond donors (Lipinski definition) is 2. The number of aryl methyl sites for hydroxylation is 1. The molecule has 0 fully saturated rings. The van der Waals surface area contributed by atoms with E-state index in [4.69, 9.17) is 16.0 Å². The molecular formula is C18H20ClN3O2. The van der Waals surface area contributed by atoms with Gasteiger partial charge in [0.25, 0.3) is 0 Å². The van der Waals surface area contributed by atoms with Crippen molar-refractivity contribution in [1.82, 2.24) is 15.1 Å². The average molecular weight is 346 g/mol. The number of aromatic nitrogens is 2. The number of hydrogen-bond acceptors (Lipinski definition) is 4. The van der Waals surface area contributed by atoms with Crippen molar-refractivity contribution in [3.05, 3.63) is 77.0 Å². The van der Waals surface area contributed by atoms with Gasteiger partial charge < -0.3 is 14.8 Å². The predicted molar refractivity (Wildman–Crippen MR) is 92.8 cm³/mol. The summed E-state index contributed by atoms with van der Waals surface area (Å²) < 4.78 is 6.89. The van der Waals surface area contributed by atoms with Gasteiger partial charge in [0.2, 0.25) is 0 Å². The molecule has 3 rings (SSSR count). The van der Waals surface area contributed by atoms with Gasteiger partial charge in [-0.2, -0.15) is 5.10 Å². The van der Waals surface area contributed by atoms with Gasteiger partial charge in [0, 0.05) is 42.0 Å². The zero-order chi connectivity index (χ0) is 16.9. The minimum absolute atomic E-state index is 0.00466. The van der Waals surface area contributed by atoms with Gasteiger partial charge in [-0.25, -0.2) is 0 Å². The Labute approximate surface area is 145 Å². The summed E-state index contributed by atoms with van der Waals surface area (Å²) in [5, 5.41) is 18.6.